The molecule has 0 aromatic heterocycles. The average molecular weight is 218 g/mol. The molecule has 0 amide bonds. The highest BCUT2D eigenvalue weighted by molar-refractivity contribution is 5.49. The molecule has 0 atom stereocenters. The maximum Gasteiger partial charge on any atom is 0.0346 e. The highest BCUT2D eigenvalue weighted by Gasteiger charge is 2.28. The van der Waals surface area contributed by atoms with E-state index in [0.29, 0.717) is 0 Å². The van der Waals surface area contributed by atoms with Crippen molar-refractivity contribution in [3.8, 4) is 0 Å². The largest absolute Gasteiger partial charge is 0.399 e. The fourth-order valence-corrected chi connectivity index (χ4v) is 2.21. The van der Waals surface area contributed by atoms with E-state index < -0.39 is 0 Å². The van der Waals surface area contributed by atoms with Crippen LogP contribution in [0.25, 0.3) is 0 Å². The van der Waals surface area contributed by atoms with Crippen LogP contribution in [0, 0.1) is 6.92 Å². The first-order chi connectivity index (χ1) is 7.72. The molecule has 88 valence electrons. The maximum atomic E-state index is 5.94. The lowest BCUT2D eigenvalue weighted by atomic mass is 10.1. The number of hydrogen-bond acceptors (Lipinski definition) is 2. The van der Waals surface area contributed by atoms with Crippen LogP contribution >= 0.6 is 0 Å². The van der Waals surface area contributed by atoms with Crippen molar-refractivity contribution in [2.24, 2.45) is 0 Å². The molecule has 2 N–H and O–H groups in total. The van der Waals surface area contributed by atoms with Crippen LogP contribution in [-0.2, 0) is 6.54 Å². The van der Waals surface area contributed by atoms with Gasteiger partial charge in [-0.25, -0.2) is 0 Å². The minimum absolute atomic E-state index is 0.834. The van der Waals surface area contributed by atoms with Crippen LogP contribution < -0.4 is 5.73 Å². The molecular formula is C14H22N2. The Morgan fingerprint density at radius 1 is 1.38 bits per heavy atom. The average Bonchev–Trinajstić information content (AvgIpc) is 3.07. The van der Waals surface area contributed by atoms with Gasteiger partial charge in [0.05, 0.1) is 0 Å². The molecule has 1 aliphatic rings. The molecule has 0 bridgehead atoms. The van der Waals surface area contributed by atoms with Crippen molar-refractivity contribution < 1.29 is 0 Å². The Labute approximate surface area is 98.4 Å². The molecule has 0 saturated heterocycles. The molecule has 0 radical (unpaired) electrons. The van der Waals surface area contributed by atoms with Crippen LogP contribution in [0.5, 0.6) is 0 Å². The van der Waals surface area contributed by atoms with Gasteiger partial charge in [-0.15, -0.1) is 0 Å². The number of benzene rings is 1. The molecule has 0 heterocycles. The lowest BCUT2D eigenvalue weighted by molar-refractivity contribution is 0.255. The molecule has 1 saturated carbocycles. The van der Waals surface area contributed by atoms with E-state index in [-0.39, 0.29) is 0 Å². The molecule has 1 aromatic carbocycles. The van der Waals surface area contributed by atoms with Crippen molar-refractivity contribution in [3.63, 3.8) is 0 Å². The van der Waals surface area contributed by atoms with Gasteiger partial charge in [-0.3, -0.25) is 4.90 Å². The van der Waals surface area contributed by atoms with Crippen molar-refractivity contribution in [2.75, 3.05) is 12.3 Å². The SMILES string of the molecule is CCCN(Cc1cccc(N)c1C)C1CC1. The third-order valence-corrected chi connectivity index (χ3v) is 3.44. The number of nitrogens with two attached hydrogens (primary N) is 1. The van der Waals surface area contributed by atoms with Gasteiger partial charge >= 0.3 is 0 Å². The van der Waals surface area contributed by atoms with Gasteiger partial charge in [0.25, 0.3) is 0 Å². The molecular weight excluding hydrogens is 196 g/mol. The molecule has 2 nitrogen and oxygen atoms in total. The number of nitrogen functional groups attached to an aromatic ring is 1. The predicted molar refractivity (Wildman–Crippen MR) is 69.3 cm³/mol. The Morgan fingerprint density at radius 3 is 2.75 bits per heavy atom. The molecule has 0 unspecified atom stereocenters. The summed E-state index contributed by atoms with van der Waals surface area (Å²) < 4.78 is 0. The smallest absolute Gasteiger partial charge is 0.0346 e. The highest BCUT2D eigenvalue weighted by Crippen LogP contribution is 2.29. The van der Waals surface area contributed by atoms with E-state index in [1.54, 1.807) is 0 Å². The summed E-state index contributed by atoms with van der Waals surface area (Å²) in [6.45, 7) is 6.65. The van der Waals surface area contributed by atoms with Crippen molar-refractivity contribution in [1.29, 1.82) is 0 Å². The molecule has 1 fully saturated rings. The summed E-state index contributed by atoms with van der Waals surface area (Å²) in [7, 11) is 0. The standard InChI is InChI=1S/C14H22N2/c1-3-9-16(13-7-8-13)10-12-5-4-6-14(15)11(12)2/h4-6,13H,3,7-10,15H2,1-2H3. The molecule has 2 heteroatoms. The van der Waals surface area contributed by atoms with E-state index in [4.69, 9.17) is 5.73 Å². The van der Waals surface area contributed by atoms with Crippen LogP contribution in [0.2, 0.25) is 0 Å². The fraction of sp³-hybridized carbons (Fsp3) is 0.571. The van der Waals surface area contributed by atoms with Crippen molar-refractivity contribution in [3.05, 3.63) is 29.3 Å². The second kappa shape index (κ2) is 4.88. The van der Waals surface area contributed by atoms with Crippen LogP contribution in [0.1, 0.15) is 37.3 Å². The Kier molecular flexibility index (Phi) is 3.49. The molecule has 16 heavy (non-hydrogen) atoms. The lowest BCUT2D eigenvalue weighted by Crippen LogP contribution is -2.26. The third-order valence-electron chi connectivity index (χ3n) is 3.44. The summed E-state index contributed by atoms with van der Waals surface area (Å²) in [6.07, 6.45) is 3.99. The first-order valence-corrected chi connectivity index (χ1v) is 6.30. The molecule has 0 aliphatic heterocycles. The molecule has 1 aromatic rings. The second-order valence-corrected chi connectivity index (χ2v) is 4.83. The molecule has 2 rings (SSSR count). The minimum Gasteiger partial charge on any atom is -0.399 e. The topological polar surface area (TPSA) is 29.3 Å². The van der Waals surface area contributed by atoms with Gasteiger partial charge in [0.15, 0.2) is 0 Å². The Hall–Kier alpha value is -1.02. The van der Waals surface area contributed by atoms with Gasteiger partial charge < -0.3 is 5.73 Å². The Bertz CT molecular complexity index is 356. The monoisotopic (exact) mass is 218 g/mol. The van der Waals surface area contributed by atoms with Crippen molar-refractivity contribution in [2.45, 2.75) is 45.7 Å². The lowest BCUT2D eigenvalue weighted by Gasteiger charge is -2.22. The Balaban J connectivity index is 2.08. The summed E-state index contributed by atoms with van der Waals surface area (Å²) in [5.41, 5.74) is 9.51. The summed E-state index contributed by atoms with van der Waals surface area (Å²) in [6, 6.07) is 7.09. The number of rotatable bonds is 5. The van der Waals surface area contributed by atoms with Crippen LogP contribution in [0.4, 0.5) is 5.69 Å². The fourth-order valence-electron chi connectivity index (χ4n) is 2.21. The quantitative estimate of drug-likeness (QED) is 0.770. The van der Waals surface area contributed by atoms with Gasteiger partial charge in [0.2, 0.25) is 0 Å². The normalized spacial score (nSPS) is 15.7. The first kappa shape index (κ1) is 11.5. The van der Waals surface area contributed by atoms with E-state index in [1.165, 1.54) is 36.9 Å². The van der Waals surface area contributed by atoms with Gasteiger partial charge in [0, 0.05) is 18.3 Å². The number of hydrogen-bond donors (Lipinski definition) is 1. The van der Waals surface area contributed by atoms with E-state index in [0.717, 1.165) is 18.3 Å². The van der Waals surface area contributed by atoms with Gasteiger partial charge in [0.1, 0.15) is 0 Å². The van der Waals surface area contributed by atoms with E-state index >= 15 is 0 Å². The summed E-state index contributed by atoms with van der Waals surface area (Å²) in [5.74, 6) is 0. The second-order valence-electron chi connectivity index (χ2n) is 4.83. The van der Waals surface area contributed by atoms with Gasteiger partial charge in [-0.05, 0) is 49.9 Å². The first-order valence-electron chi connectivity index (χ1n) is 6.30. The highest BCUT2D eigenvalue weighted by atomic mass is 15.2. The minimum atomic E-state index is 0.834. The zero-order chi connectivity index (χ0) is 11.5. The van der Waals surface area contributed by atoms with E-state index in [2.05, 4.69) is 30.9 Å². The summed E-state index contributed by atoms with van der Waals surface area (Å²) >= 11 is 0. The van der Waals surface area contributed by atoms with Gasteiger partial charge in [-0.2, -0.15) is 0 Å². The van der Waals surface area contributed by atoms with Crippen LogP contribution in [0.3, 0.4) is 0 Å². The zero-order valence-corrected chi connectivity index (χ0v) is 10.4. The Morgan fingerprint density at radius 2 is 2.12 bits per heavy atom. The van der Waals surface area contributed by atoms with Gasteiger partial charge in [-0.1, -0.05) is 19.1 Å². The molecule has 1 aliphatic carbocycles. The van der Waals surface area contributed by atoms with E-state index in [1.807, 2.05) is 6.07 Å². The van der Waals surface area contributed by atoms with Crippen LogP contribution in [-0.4, -0.2) is 17.5 Å². The predicted octanol–water partition coefficient (Wildman–Crippen LogP) is 2.95. The van der Waals surface area contributed by atoms with E-state index in [9.17, 15) is 0 Å². The zero-order valence-electron chi connectivity index (χ0n) is 10.4. The third kappa shape index (κ3) is 2.56. The maximum absolute atomic E-state index is 5.94. The summed E-state index contributed by atoms with van der Waals surface area (Å²) in [5, 5.41) is 0. The van der Waals surface area contributed by atoms with Crippen molar-refractivity contribution in [1.82, 2.24) is 4.90 Å². The summed E-state index contributed by atoms with van der Waals surface area (Å²) in [4.78, 5) is 2.60. The number of anilines is 1. The van der Waals surface area contributed by atoms with Crippen LogP contribution in [0.15, 0.2) is 18.2 Å². The number of nitrogens with zero attached hydrogens (tertiary/aromatic N) is 1. The van der Waals surface area contributed by atoms with Crippen molar-refractivity contribution >= 4 is 5.69 Å². The molecule has 0 spiro atoms.